The zero-order valence-electron chi connectivity index (χ0n) is 74.5. The van der Waals surface area contributed by atoms with Gasteiger partial charge < -0.3 is 38.2 Å². The summed E-state index contributed by atoms with van der Waals surface area (Å²) in [4.78, 5) is 87.1. The molecular weight excluding hydrogens is 1450 g/mol. The van der Waals surface area contributed by atoms with Gasteiger partial charge in [0, 0.05) is 77.5 Å². The second-order valence-electron chi connectivity index (χ2n) is 31.0. The van der Waals surface area contributed by atoms with Gasteiger partial charge in [-0.25, -0.2) is 0 Å². The van der Waals surface area contributed by atoms with Crippen LogP contribution in [-0.4, -0.2) is 173 Å². The van der Waals surface area contributed by atoms with Crippen LogP contribution < -0.4 is 0 Å². The highest BCUT2D eigenvalue weighted by molar-refractivity contribution is 5.72. The number of rotatable bonds is 80. The fourth-order valence-corrected chi connectivity index (χ4v) is 13.4. The molecule has 16 nitrogen and oxygen atoms in total. The van der Waals surface area contributed by atoms with Crippen LogP contribution in [0.5, 0.6) is 0 Å². The van der Waals surface area contributed by atoms with Crippen LogP contribution in [0.2, 0.25) is 0 Å². The molecular formula is C100H168N4O12. The summed E-state index contributed by atoms with van der Waals surface area (Å²) < 4.78 is 34.2. The van der Waals surface area contributed by atoms with E-state index < -0.39 is 0 Å². The summed E-state index contributed by atoms with van der Waals surface area (Å²) >= 11 is 0. The molecule has 1 saturated heterocycles. The molecule has 1 aliphatic heterocycles. The quantitative estimate of drug-likeness (QED) is 0.0244. The topological polar surface area (TPSA) is 171 Å². The number of nitrogens with zero attached hydrogens (tertiary/aromatic N) is 4. The van der Waals surface area contributed by atoms with E-state index in [0.717, 1.165) is 193 Å². The van der Waals surface area contributed by atoms with Crippen LogP contribution >= 0.6 is 0 Å². The van der Waals surface area contributed by atoms with Gasteiger partial charge in [-0.3, -0.25) is 38.6 Å². The van der Waals surface area contributed by atoms with Crippen molar-refractivity contribution in [3.63, 3.8) is 0 Å². The second kappa shape index (κ2) is 85.0. The summed E-state index contributed by atoms with van der Waals surface area (Å²) in [6, 6.07) is 0.322. The Labute approximate surface area is 708 Å². The highest BCUT2D eigenvalue weighted by atomic mass is 16.6. The van der Waals surface area contributed by atoms with Crippen LogP contribution in [0.15, 0.2) is 146 Å². The minimum Gasteiger partial charge on any atom is -0.466 e. The summed E-state index contributed by atoms with van der Waals surface area (Å²) in [6.07, 6.45) is 97.2. The van der Waals surface area contributed by atoms with Crippen molar-refractivity contribution in [1.82, 2.24) is 19.6 Å². The Morgan fingerprint density at radius 1 is 0.241 bits per heavy atom. The van der Waals surface area contributed by atoms with Crippen LogP contribution in [0.4, 0.5) is 0 Å². The standard InChI is InChI=1S/C100H168N4O12/c1-7-11-15-19-23-27-31-35-39-43-47-51-55-59-63-67-85-111-95(105)71-77-101(78-72-96(106)112-86-68-64-60-56-52-48-44-40-36-32-28-24-20-16-12-8-2)81-75-99(109)115-89-83-103-91-94(6)104(92-93(103)5)84-90-116-100(110)76-82-102(79-73-97(107)113-87-69-65-61-57-53-49-45-41-37-33-29-25-21-17-13-9-3)80-74-98(108)114-88-70-66-62-58-54-50-46-42-38-34-30-26-22-18-14-10-4/h11-18,23-30,35-42,93-94H,7-10,19-22,31-34,43-92H2,1-6H3/b15-11-,16-12-,17-13-,18-14-,27-23-,28-24-,29-25-,30-26-,39-35-,40-36-,41-37-,42-38-. The molecule has 0 radical (unpaired) electrons. The van der Waals surface area contributed by atoms with Gasteiger partial charge in [-0.1, -0.05) is 276 Å². The van der Waals surface area contributed by atoms with Crippen molar-refractivity contribution >= 4 is 35.8 Å². The monoisotopic (exact) mass is 1620 g/mol. The van der Waals surface area contributed by atoms with Gasteiger partial charge in [0.2, 0.25) is 0 Å². The third-order valence-electron chi connectivity index (χ3n) is 20.6. The smallest absolute Gasteiger partial charge is 0.307 e. The first-order chi connectivity index (χ1) is 56.9. The van der Waals surface area contributed by atoms with Crippen molar-refractivity contribution in [3.05, 3.63) is 146 Å². The van der Waals surface area contributed by atoms with Crippen LogP contribution in [0.3, 0.4) is 0 Å². The fourth-order valence-electron chi connectivity index (χ4n) is 13.4. The lowest BCUT2D eigenvalue weighted by Crippen LogP contribution is -2.57. The lowest BCUT2D eigenvalue weighted by molar-refractivity contribution is -0.147. The number of carbonyl (C=O) groups excluding carboxylic acids is 6. The number of unbranched alkanes of at least 4 members (excludes halogenated alkanes) is 24. The third-order valence-corrected chi connectivity index (χ3v) is 20.6. The van der Waals surface area contributed by atoms with E-state index in [0.29, 0.717) is 78.8 Å². The number of esters is 6. The fraction of sp³-hybridized carbons (Fsp3) is 0.700. The molecule has 0 spiro atoms. The number of hydrogen-bond acceptors (Lipinski definition) is 16. The first-order valence-electron chi connectivity index (χ1n) is 46.6. The van der Waals surface area contributed by atoms with Crippen LogP contribution in [0.25, 0.3) is 0 Å². The molecule has 116 heavy (non-hydrogen) atoms. The number of allylic oxidation sites excluding steroid dienone is 24. The molecule has 0 saturated carbocycles. The summed E-state index contributed by atoms with van der Waals surface area (Å²) in [5.41, 5.74) is 0. The summed E-state index contributed by atoms with van der Waals surface area (Å²) in [6.45, 7) is 19.7. The molecule has 0 N–H and O–H groups in total. The predicted octanol–water partition coefficient (Wildman–Crippen LogP) is 23.9. The molecule has 2 atom stereocenters. The van der Waals surface area contributed by atoms with Crippen LogP contribution in [0, 0.1) is 0 Å². The van der Waals surface area contributed by atoms with Gasteiger partial charge in [0.05, 0.1) is 65.0 Å². The third kappa shape index (κ3) is 75.0. The van der Waals surface area contributed by atoms with Gasteiger partial charge in [-0.05, 0) is 168 Å². The van der Waals surface area contributed by atoms with E-state index in [4.69, 9.17) is 28.4 Å². The SMILES string of the molecule is CC/C=C\C/C=C\C/C=C\CCCCCCCCOC(=O)CCN(CCC(=O)OCCCCCCCC/C=C\C/C=C\C/C=C\CC)CCC(=O)OCCN1CC(C)N(CCOC(=O)CCN(CCC(=O)OCCCCCCCC/C=C\C/C=C\C/C=C\CC)CCC(=O)OCCCCCCCC/C=C\C/C=C\C/C=C\CC)CC1C. The van der Waals surface area contributed by atoms with E-state index in [1.807, 2.05) is 9.80 Å². The molecule has 2 unspecified atom stereocenters. The number of hydrogen-bond donors (Lipinski definition) is 0. The first-order valence-corrected chi connectivity index (χ1v) is 46.6. The largest absolute Gasteiger partial charge is 0.466 e. The van der Waals surface area contributed by atoms with Crippen molar-refractivity contribution in [1.29, 1.82) is 0 Å². The maximum Gasteiger partial charge on any atom is 0.307 e. The molecule has 1 heterocycles. The molecule has 0 aromatic carbocycles. The van der Waals surface area contributed by atoms with Crippen molar-refractivity contribution < 1.29 is 57.2 Å². The van der Waals surface area contributed by atoms with E-state index in [1.54, 1.807) is 0 Å². The zero-order valence-corrected chi connectivity index (χ0v) is 74.5. The Bertz CT molecular complexity index is 2410. The number of carbonyl (C=O) groups is 6. The molecule has 0 bridgehead atoms. The molecule has 1 aliphatic rings. The van der Waals surface area contributed by atoms with Crippen LogP contribution in [-0.2, 0) is 57.2 Å². The summed E-state index contributed by atoms with van der Waals surface area (Å²) in [5.74, 6) is -1.79. The van der Waals surface area contributed by atoms with Gasteiger partial charge in [-0.2, -0.15) is 0 Å². The lowest BCUT2D eigenvalue weighted by Gasteiger charge is -2.44. The highest BCUT2D eigenvalue weighted by Crippen LogP contribution is 2.18. The average Bonchev–Trinajstić information content (AvgIpc) is 0.845. The maximum atomic E-state index is 13.3. The molecule has 1 rings (SSSR count). The summed E-state index contributed by atoms with van der Waals surface area (Å²) in [5, 5.41) is 0. The lowest BCUT2D eigenvalue weighted by atomic mass is 10.1. The molecule has 0 aromatic rings. The Kier molecular flexibility index (Phi) is 78.8. The van der Waals surface area contributed by atoms with E-state index in [9.17, 15) is 28.8 Å². The Balaban J connectivity index is 2.67. The molecule has 1 fully saturated rings. The van der Waals surface area contributed by atoms with E-state index >= 15 is 0 Å². The minimum atomic E-state index is -0.333. The second-order valence-corrected chi connectivity index (χ2v) is 31.0. The minimum absolute atomic E-state index is 0.118. The van der Waals surface area contributed by atoms with Gasteiger partial charge in [-0.15, -0.1) is 0 Å². The zero-order chi connectivity index (χ0) is 84.0. The van der Waals surface area contributed by atoms with Gasteiger partial charge in [0.25, 0.3) is 0 Å². The van der Waals surface area contributed by atoms with Crippen molar-refractivity contribution in [2.75, 3.05) is 105 Å². The van der Waals surface area contributed by atoms with Gasteiger partial charge in [0.1, 0.15) is 13.2 Å². The van der Waals surface area contributed by atoms with Gasteiger partial charge in [0.15, 0.2) is 0 Å². The van der Waals surface area contributed by atoms with Crippen molar-refractivity contribution in [2.45, 2.75) is 349 Å². The van der Waals surface area contributed by atoms with Crippen LogP contribution in [0.1, 0.15) is 337 Å². The van der Waals surface area contributed by atoms with E-state index in [2.05, 4.69) is 197 Å². The Hall–Kier alpha value is -6.46. The number of piperazine rings is 1. The molecule has 0 aliphatic carbocycles. The molecule has 0 aromatic heterocycles. The summed E-state index contributed by atoms with van der Waals surface area (Å²) in [7, 11) is 0. The van der Waals surface area contributed by atoms with E-state index in [-0.39, 0.29) is 99.6 Å². The highest BCUT2D eigenvalue weighted by Gasteiger charge is 2.29. The Morgan fingerprint density at radius 2 is 0.414 bits per heavy atom. The first kappa shape index (κ1) is 108. The Morgan fingerprint density at radius 3 is 0.621 bits per heavy atom. The normalized spacial score (nSPS) is 14.8. The number of ether oxygens (including phenoxy) is 6. The molecule has 660 valence electrons. The van der Waals surface area contributed by atoms with Gasteiger partial charge >= 0.3 is 35.8 Å². The molecule has 16 heteroatoms. The van der Waals surface area contributed by atoms with Crippen molar-refractivity contribution in [3.8, 4) is 0 Å². The van der Waals surface area contributed by atoms with Crippen molar-refractivity contribution in [2.24, 2.45) is 0 Å². The predicted molar refractivity (Wildman–Crippen MR) is 485 cm³/mol. The van der Waals surface area contributed by atoms with E-state index in [1.165, 1.54) is 77.0 Å². The maximum absolute atomic E-state index is 13.3. The average molecular weight is 1620 g/mol. The molecule has 0 amide bonds.